The molecule has 13 heteroatoms. The maximum Gasteiger partial charge on any atom is 0.345 e. The van der Waals surface area contributed by atoms with Crippen LogP contribution in [0.3, 0.4) is 0 Å². The number of rotatable bonds is 10. The first-order chi connectivity index (χ1) is 17.0. The lowest BCUT2D eigenvalue weighted by molar-refractivity contribution is 0.296. The van der Waals surface area contributed by atoms with Crippen molar-refractivity contribution >= 4 is 44.3 Å². The van der Waals surface area contributed by atoms with Crippen molar-refractivity contribution in [2.75, 3.05) is 16.6 Å². The number of benzene rings is 2. The summed E-state index contributed by atoms with van der Waals surface area (Å²) in [4.78, 5) is 3.69. The van der Waals surface area contributed by atoms with Crippen molar-refractivity contribution in [3.8, 4) is 5.88 Å². The van der Waals surface area contributed by atoms with Gasteiger partial charge >= 0.3 is 10.2 Å². The molecule has 5 rings (SSSR count). The molecule has 3 aromatic heterocycles. The molecule has 3 heterocycles. The van der Waals surface area contributed by atoms with Crippen LogP contribution in [0.5, 0.6) is 5.88 Å². The fraction of sp³-hybridized carbons (Fsp3) is 0.136. The fourth-order valence-electron chi connectivity index (χ4n) is 3.50. The third kappa shape index (κ3) is 5.08. The van der Waals surface area contributed by atoms with Gasteiger partial charge in [-0.3, -0.25) is 0 Å². The molecule has 0 unspecified atom stereocenters. The minimum Gasteiger partial charge on any atom is -0.471 e. The van der Waals surface area contributed by atoms with E-state index in [-0.39, 0.29) is 18.4 Å². The third-order valence-electron chi connectivity index (χ3n) is 5.12. The second-order valence-electron chi connectivity index (χ2n) is 7.46. The fourth-order valence-corrected chi connectivity index (χ4v) is 4.68. The molecule has 0 amide bonds. The average molecular weight is 514 g/mol. The van der Waals surface area contributed by atoms with Gasteiger partial charge in [0.1, 0.15) is 6.61 Å². The van der Waals surface area contributed by atoms with Crippen molar-refractivity contribution < 1.29 is 17.7 Å². The van der Waals surface area contributed by atoms with Crippen LogP contribution >= 0.6 is 11.6 Å². The summed E-state index contributed by atoms with van der Waals surface area (Å²) in [5.74, 6) is -0.0452. The lowest BCUT2D eigenvalue weighted by Crippen LogP contribution is -2.23. The molecule has 0 saturated carbocycles. The molecule has 2 N–H and O–H groups in total. The molecule has 0 aliphatic carbocycles. The van der Waals surface area contributed by atoms with Crippen LogP contribution in [0.4, 0.5) is 11.6 Å². The number of ether oxygens (including phenoxy) is 1. The second-order valence-corrected chi connectivity index (χ2v) is 9.40. The van der Waals surface area contributed by atoms with E-state index in [1.54, 1.807) is 30.3 Å². The van der Waals surface area contributed by atoms with E-state index in [2.05, 4.69) is 34.4 Å². The number of aromatic nitrogens is 5. The summed E-state index contributed by atoms with van der Waals surface area (Å²) in [6.07, 6.45) is 5.00. The van der Waals surface area contributed by atoms with Crippen LogP contribution in [-0.2, 0) is 23.4 Å². The normalized spacial score (nSPS) is 11.6. The van der Waals surface area contributed by atoms with Gasteiger partial charge in [-0.25, -0.2) is 4.72 Å². The summed E-state index contributed by atoms with van der Waals surface area (Å²) in [6.45, 7) is 1.60. The Labute approximate surface area is 205 Å². The highest BCUT2D eigenvalue weighted by atomic mass is 35.5. The van der Waals surface area contributed by atoms with Gasteiger partial charge in [0.2, 0.25) is 12.3 Å². The average Bonchev–Trinajstić information content (AvgIpc) is 3.60. The summed E-state index contributed by atoms with van der Waals surface area (Å²) < 4.78 is 41.5. The topological polar surface area (TPSA) is 129 Å². The molecule has 180 valence electrons. The van der Waals surface area contributed by atoms with Crippen LogP contribution in [0.15, 0.2) is 77.9 Å². The molecule has 0 spiro atoms. The number of para-hydroxylation sites is 1. The summed E-state index contributed by atoms with van der Waals surface area (Å²) in [5, 5.41) is 12.2. The van der Waals surface area contributed by atoms with Crippen LogP contribution in [-0.4, -0.2) is 38.9 Å². The van der Waals surface area contributed by atoms with Gasteiger partial charge in [0.15, 0.2) is 0 Å². The Balaban J connectivity index is 1.37. The first-order valence-electron chi connectivity index (χ1n) is 10.5. The Kier molecular flexibility index (Phi) is 6.29. The third-order valence-corrected chi connectivity index (χ3v) is 6.53. The van der Waals surface area contributed by atoms with Crippen molar-refractivity contribution in [3.63, 3.8) is 0 Å². The quantitative estimate of drug-likeness (QED) is 0.289. The standard InChI is InChI=1S/C22H20ClN7O4S/c23-17-8-7-16(19(13-17)24-9-12-29-10-3-4-11-29)14-33-21-18-5-1-2-6-20(18)30(26-21)35(31,32)28-22-25-15-34-27-22/h1-8,10-11,13,15,24H,9,12,14H2,(H,27,28). The maximum absolute atomic E-state index is 12.9. The van der Waals surface area contributed by atoms with E-state index in [4.69, 9.17) is 16.3 Å². The SMILES string of the molecule is O=S(=O)(Nc1ncon1)n1nc(OCc2ccc(Cl)cc2NCCn2cccc2)c2ccccc21. The summed E-state index contributed by atoms with van der Waals surface area (Å²) in [7, 11) is -4.16. The van der Waals surface area contributed by atoms with Crippen LogP contribution in [0.25, 0.3) is 10.9 Å². The zero-order valence-corrected chi connectivity index (χ0v) is 19.8. The van der Waals surface area contributed by atoms with E-state index in [0.717, 1.165) is 28.3 Å². The van der Waals surface area contributed by atoms with Gasteiger partial charge in [0.25, 0.3) is 5.95 Å². The Morgan fingerprint density at radius 3 is 2.71 bits per heavy atom. The molecule has 0 aliphatic rings. The lowest BCUT2D eigenvalue weighted by atomic mass is 10.2. The molecule has 0 bridgehead atoms. The van der Waals surface area contributed by atoms with E-state index in [0.29, 0.717) is 22.5 Å². The van der Waals surface area contributed by atoms with E-state index >= 15 is 0 Å². The molecule has 5 aromatic rings. The smallest absolute Gasteiger partial charge is 0.345 e. The minimum absolute atomic E-state index is 0.141. The molecule has 0 radical (unpaired) electrons. The van der Waals surface area contributed by atoms with E-state index < -0.39 is 10.2 Å². The van der Waals surface area contributed by atoms with Gasteiger partial charge in [-0.2, -0.15) is 13.4 Å². The van der Waals surface area contributed by atoms with Gasteiger partial charge < -0.3 is 19.1 Å². The predicted molar refractivity (Wildman–Crippen MR) is 131 cm³/mol. The van der Waals surface area contributed by atoms with E-state index in [9.17, 15) is 8.42 Å². The minimum atomic E-state index is -4.16. The van der Waals surface area contributed by atoms with Gasteiger partial charge in [0, 0.05) is 41.8 Å². The van der Waals surface area contributed by atoms with Gasteiger partial charge in [-0.1, -0.05) is 29.8 Å². The number of nitrogens with zero attached hydrogens (tertiary/aromatic N) is 5. The number of anilines is 2. The van der Waals surface area contributed by atoms with Crippen molar-refractivity contribution in [1.29, 1.82) is 0 Å². The highest BCUT2D eigenvalue weighted by Gasteiger charge is 2.23. The molecule has 0 atom stereocenters. The van der Waals surface area contributed by atoms with Crippen LogP contribution in [0, 0.1) is 0 Å². The zero-order valence-electron chi connectivity index (χ0n) is 18.2. The van der Waals surface area contributed by atoms with Crippen molar-refractivity contribution in [1.82, 2.24) is 23.9 Å². The number of hydrogen-bond donors (Lipinski definition) is 2. The molecule has 0 fully saturated rings. The molecule has 11 nitrogen and oxygen atoms in total. The molecule has 2 aromatic carbocycles. The number of fused-ring (bicyclic) bond motifs is 1. The Bertz CT molecular complexity index is 1530. The molecule has 0 saturated heterocycles. The van der Waals surface area contributed by atoms with Crippen LogP contribution < -0.4 is 14.8 Å². The molecular weight excluding hydrogens is 494 g/mol. The monoisotopic (exact) mass is 513 g/mol. The maximum atomic E-state index is 12.9. The highest BCUT2D eigenvalue weighted by molar-refractivity contribution is 7.91. The Morgan fingerprint density at radius 2 is 1.91 bits per heavy atom. The number of halogens is 1. The van der Waals surface area contributed by atoms with E-state index in [1.807, 2.05) is 36.7 Å². The van der Waals surface area contributed by atoms with Crippen molar-refractivity contribution in [2.24, 2.45) is 0 Å². The van der Waals surface area contributed by atoms with Gasteiger partial charge in [-0.15, -0.1) is 9.19 Å². The predicted octanol–water partition coefficient (Wildman–Crippen LogP) is 3.77. The highest BCUT2D eigenvalue weighted by Crippen LogP contribution is 2.28. The number of nitrogens with one attached hydrogen (secondary N) is 2. The Hall–Kier alpha value is -4.03. The number of hydrogen-bond acceptors (Lipinski definition) is 8. The molecule has 0 aliphatic heterocycles. The van der Waals surface area contributed by atoms with Crippen molar-refractivity contribution in [2.45, 2.75) is 13.2 Å². The van der Waals surface area contributed by atoms with Crippen LogP contribution in [0.2, 0.25) is 5.02 Å². The van der Waals surface area contributed by atoms with Crippen molar-refractivity contribution in [3.05, 3.63) is 84.0 Å². The Morgan fingerprint density at radius 1 is 1.09 bits per heavy atom. The second kappa shape index (κ2) is 9.68. The zero-order chi connectivity index (χ0) is 24.3. The van der Waals surface area contributed by atoms with Gasteiger partial charge in [-0.05, 0) is 41.6 Å². The summed E-state index contributed by atoms with van der Waals surface area (Å²) >= 11 is 6.21. The molecular formula is C22H20ClN7O4S. The van der Waals surface area contributed by atoms with E-state index in [1.165, 1.54) is 0 Å². The first-order valence-corrected chi connectivity index (χ1v) is 12.3. The largest absolute Gasteiger partial charge is 0.471 e. The summed E-state index contributed by atoms with van der Waals surface area (Å²) in [6, 6.07) is 16.2. The van der Waals surface area contributed by atoms with Gasteiger partial charge in [0.05, 0.1) is 10.9 Å². The summed E-state index contributed by atoms with van der Waals surface area (Å²) in [5.41, 5.74) is 1.99. The first kappa shape index (κ1) is 22.7. The molecule has 35 heavy (non-hydrogen) atoms. The van der Waals surface area contributed by atoms with Crippen LogP contribution in [0.1, 0.15) is 5.56 Å². The lowest BCUT2D eigenvalue weighted by Gasteiger charge is -2.13.